The Morgan fingerprint density at radius 3 is 2.50 bits per heavy atom. The molecule has 0 bridgehead atoms. The van der Waals surface area contributed by atoms with Crippen LogP contribution in [0.1, 0.15) is 26.3 Å². The smallest absolute Gasteiger partial charge is 0.329 e. The average molecular weight is 337 g/mol. The first-order valence-electron chi connectivity index (χ1n) is 7.71. The first kappa shape index (κ1) is 18.4. The molecule has 1 aromatic carbocycles. The van der Waals surface area contributed by atoms with Gasteiger partial charge in [0, 0.05) is 6.92 Å². The molecule has 0 aliphatic carbocycles. The van der Waals surface area contributed by atoms with E-state index in [0.717, 1.165) is 5.56 Å². The van der Waals surface area contributed by atoms with Gasteiger partial charge in [0.2, 0.25) is 0 Å². The third-order valence-electron chi connectivity index (χ3n) is 3.56. The molecule has 132 valence electrons. The van der Waals surface area contributed by atoms with Gasteiger partial charge in [0.05, 0.1) is 20.3 Å². The lowest BCUT2D eigenvalue weighted by molar-refractivity contribution is -0.225. The van der Waals surface area contributed by atoms with Crippen LogP contribution in [0.3, 0.4) is 0 Å². The normalized spacial score (nSPS) is 20.6. The number of rotatable bonds is 6. The molecule has 24 heavy (non-hydrogen) atoms. The molecule has 7 heteroatoms. The van der Waals surface area contributed by atoms with Crippen LogP contribution in [0.15, 0.2) is 30.3 Å². The first-order chi connectivity index (χ1) is 11.3. The summed E-state index contributed by atoms with van der Waals surface area (Å²) >= 11 is 0. The van der Waals surface area contributed by atoms with Crippen LogP contribution in [0.25, 0.3) is 0 Å². The molecule has 0 spiro atoms. The topological polar surface area (TPSA) is 74.3 Å². The summed E-state index contributed by atoms with van der Waals surface area (Å²) < 4.78 is 16.2. The molecule has 1 aliphatic heterocycles. The fraction of sp³-hybridized carbons (Fsp3) is 0.529. The number of benzene rings is 1. The van der Waals surface area contributed by atoms with Crippen molar-refractivity contribution in [2.24, 2.45) is 0 Å². The zero-order valence-electron chi connectivity index (χ0n) is 14.4. The van der Waals surface area contributed by atoms with E-state index < -0.39 is 29.9 Å². The Bertz CT molecular complexity index is 574. The lowest BCUT2D eigenvalue weighted by Crippen LogP contribution is -2.51. The first-order valence-corrected chi connectivity index (χ1v) is 7.71. The number of ether oxygens (including phenoxy) is 3. The van der Waals surface area contributed by atoms with Gasteiger partial charge in [0.15, 0.2) is 11.8 Å². The number of hydroxylamine groups is 2. The predicted molar refractivity (Wildman–Crippen MR) is 84.5 cm³/mol. The van der Waals surface area contributed by atoms with Crippen molar-refractivity contribution < 1.29 is 28.6 Å². The molecule has 1 aliphatic rings. The van der Waals surface area contributed by atoms with Crippen molar-refractivity contribution in [3.8, 4) is 0 Å². The van der Waals surface area contributed by atoms with Gasteiger partial charge in [0.1, 0.15) is 6.10 Å². The van der Waals surface area contributed by atoms with Crippen LogP contribution < -0.4 is 0 Å². The van der Waals surface area contributed by atoms with Crippen molar-refractivity contribution in [3.63, 3.8) is 0 Å². The van der Waals surface area contributed by atoms with Crippen LogP contribution in [0.4, 0.5) is 0 Å². The van der Waals surface area contributed by atoms with E-state index in [0.29, 0.717) is 0 Å². The number of methoxy groups -OCH3 is 1. The van der Waals surface area contributed by atoms with E-state index in [1.807, 2.05) is 30.3 Å². The lowest BCUT2D eigenvalue weighted by atomic mass is 10.1. The molecule has 0 aromatic heterocycles. The molecular weight excluding hydrogens is 314 g/mol. The minimum atomic E-state index is -0.930. The third kappa shape index (κ3) is 4.77. The van der Waals surface area contributed by atoms with Gasteiger partial charge in [0.25, 0.3) is 0 Å². The number of hydrogen-bond donors (Lipinski definition) is 0. The summed E-state index contributed by atoms with van der Waals surface area (Å²) in [6.07, 6.45) is -0.615. The van der Waals surface area contributed by atoms with Gasteiger partial charge in [-0.2, -0.15) is 0 Å². The Morgan fingerprint density at radius 2 is 2.00 bits per heavy atom. The van der Waals surface area contributed by atoms with Gasteiger partial charge in [-0.3, -0.25) is 9.59 Å². The summed E-state index contributed by atoms with van der Waals surface area (Å²) in [7, 11) is 1.28. The highest BCUT2D eigenvalue weighted by Crippen LogP contribution is 2.27. The highest BCUT2D eigenvalue weighted by Gasteiger charge is 2.45. The zero-order chi connectivity index (χ0) is 17.7. The minimum Gasteiger partial charge on any atom is -0.468 e. The molecule has 2 atom stereocenters. The quantitative estimate of drug-likeness (QED) is 0.577. The third-order valence-corrected chi connectivity index (χ3v) is 3.56. The van der Waals surface area contributed by atoms with E-state index in [1.54, 1.807) is 13.8 Å². The summed E-state index contributed by atoms with van der Waals surface area (Å²) in [5.41, 5.74) is 0.880. The fourth-order valence-corrected chi connectivity index (χ4v) is 2.56. The van der Waals surface area contributed by atoms with Gasteiger partial charge in [-0.15, -0.1) is 5.06 Å². The van der Waals surface area contributed by atoms with Gasteiger partial charge < -0.3 is 19.0 Å². The molecule has 0 saturated carbocycles. The molecule has 2 rings (SSSR count). The summed E-state index contributed by atoms with van der Waals surface area (Å²) in [6, 6.07) is 8.44. The number of nitrogens with zero attached hydrogens (tertiary/aromatic N) is 1. The van der Waals surface area contributed by atoms with Crippen molar-refractivity contribution in [2.45, 2.75) is 45.2 Å². The summed E-state index contributed by atoms with van der Waals surface area (Å²) in [5.74, 6) is -1.90. The van der Waals surface area contributed by atoms with E-state index in [1.165, 1.54) is 19.1 Å². The molecular formula is C17H23NO6. The molecule has 0 N–H and O–H groups in total. The molecule has 1 heterocycles. The van der Waals surface area contributed by atoms with Crippen LogP contribution in [0.5, 0.6) is 0 Å². The fourth-order valence-electron chi connectivity index (χ4n) is 2.56. The Balaban J connectivity index is 2.26. The van der Waals surface area contributed by atoms with Crippen molar-refractivity contribution in [3.05, 3.63) is 35.9 Å². The maximum atomic E-state index is 12.3. The molecule has 0 amide bonds. The number of esters is 1. The van der Waals surface area contributed by atoms with Gasteiger partial charge in [-0.1, -0.05) is 30.3 Å². The molecule has 1 saturated heterocycles. The van der Waals surface area contributed by atoms with Gasteiger partial charge in [-0.25, -0.2) is 0 Å². The second-order valence-electron chi connectivity index (χ2n) is 5.98. The number of carbonyl (C=O) groups is 2. The molecule has 7 nitrogen and oxygen atoms in total. The molecule has 0 unspecified atom stereocenters. The Kier molecular flexibility index (Phi) is 5.93. The van der Waals surface area contributed by atoms with Crippen LogP contribution in [-0.4, -0.2) is 48.7 Å². The highest BCUT2D eigenvalue weighted by atomic mass is 16.8. The molecule has 1 fully saturated rings. The van der Waals surface area contributed by atoms with E-state index in [9.17, 15) is 9.59 Å². The second kappa shape index (κ2) is 7.74. The molecule has 0 radical (unpaired) electrons. The zero-order valence-corrected chi connectivity index (χ0v) is 14.4. The maximum absolute atomic E-state index is 12.3. The van der Waals surface area contributed by atoms with Crippen molar-refractivity contribution >= 4 is 11.9 Å². The summed E-state index contributed by atoms with van der Waals surface area (Å²) in [6.45, 7) is 5.21. The predicted octanol–water partition coefficient (Wildman–Crippen LogP) is 1.66. The Labute approximate surface area is 141 Å². The minimum absolute atomic E-state index is 0.194. The van der Waals surface area contributed by atoms with E-state index in [-0.39, 0.29) is 13.2 Å². The van der Waals surface area contributed by atoms with E-state index in [4.69, 9.17) is 19.0 Å². The van der Waals surface area contributed by atoms with E-state index in [2.05, 4.69) is 0 Å². The Hall–Kier alpha value is -1.96. The standard InChI is InChI=1S/C17H23NO6/c1-12(19)24-18(10-13-8-6-5-7-9-13)15(16(20)21-4)14-11-22-17(2,3)23-14/h5-9,14-15H,10-11H2,1-4H3/t14-,15+/m1/s1. The van der Waals surface area contributed by atoms with Crippen LogP contribution in [0, 0.1) is 0 Å². The highest BCUT2D eigenvalue weighted by molar-refractivity contribution is 5.77. The second-order valence-corrected chi connectivity index (χ2v) is 5.98. The van der Waals surface area contributed by atoms with Crippen molar-refractivity contribution in [1.29, 1.82) is 0 Å². The van der Waals surface area contributed by atoms with Crippen molar-refractivity contribution in [1.82, 2.24) is 5.06 Å². The molecule has 1 aromatic rings. The number of carbonyl (C=O) groups excluding carboxylic acids is 2. The largest absolute Gasteiger partial charge is 0.468 e. The summed E-state index contributed by atoms with van der Waals surface area (Å²) in [5, 5.41) is 1.29. The van der Waals surface area contributed by atoms with Crippen molar-refractivity contribution in [2.75, 3.05) is 13.7 Å². The van der Waals surface area contributed by atoms with Gasteiger partial charge in [-0.05, 0) is 19.4 Å². The lowest BCUT2D eigenvalue weighted by Gasteiger charge is -2.31. The van der Waals surface area contributed by atoms with Gasteiger partial charge >= 0.3 is 11.9 Å². The average Bonchev–Trinajstić information content (AvgIpc) is 2.87. The van der Waals surface area contributed by atoms with Crippen LogP contribution in [-0.2, 0) is 35.2 Å². The van der Waals surface area contributed by atoms with E-state index >= 15 is 0 Å². The SMILES string of the molecule is COC(=O)[C@H]([C@H]1COC(C)(C)O1)N(Cc1ccccc1)OC(C)=O. The van der Waals surface area contributed by atoms with Crippen LogP contribution in [0.2, 0.25) is 0 Å². The summed E-state index contributed by atoms with van der Waals surface area (Å²) in [4.78, 5) is 29.1. The maximum Gasteiger partial charge on any atom is 0.329 e. The number of hydrogen-bond acceptors (Lipinski definition) is 7. The Morgan fingerprint density at radius 1 is 1.33 bits per heavy atom. The monoisotopic (exact) mass is 337 g/mol. The van der Waals surface area contributed by atoms with Crippen LogP contribution >= 0.6 is 0 Å².